The van der Waals surface area contributed by atoms with E-state index in [0.717, 1.165) is 56.3 Å². The molecule has 0 aliphatic carbocycles. The van der Waals surface area contributed by atoms with Gasteiger partial charge in [-0.3, -0.25) is 9.69 Å². The Balaban J connectivity index is 1.61. The molecule has 3 heterocycles. The first kappa shape index (κ1) is 18.7. The number of carbonyl (C=O) groups is 1. The lowest BCUT2D eigenvalue weighted by Gasteiger charge is -2.24. The summed E-state index contributed by atoms with van der Waals surface area (Å²) in [6, 6.07) is 3.77. The number of thioether (sulfide) groups is 1. The third-order valence-corrected chi connectivity index (χ3v) is 5.73. The second-order valence-corrected chi connectivity index (χ2v) is 8.67. The highest BCUT2D eigenvalue weighted by Crippen LogP contribution is 2.25. The minimum Gasteiger partial charge on any atom is -0.377 e. The Hall–Kier alpha value is -1.11. The monoisotopic (exact) mass is 363 g/mol. The maximum Gasteiger partial charge on any atom is 0.256 e. The molecule has 1 atom stereocenters. The summed E-state index contributed by atoms with van der Waals surface area (Å²) < 4.78 is 5.76. The molecular formula is C19H29N3O2S. The lowest BCUT2D eigenvalue weighted by molar-refractivity contribution is 0.0702. The van der Waals surface area contributed by atoms with Crippen molar-refractivity contribution < 1.29 is 9.53 Å². The number of rotatable bonds is 5. The van der Waals surface area contributed by atoms with Crippen molar-refractivity contribution in [2.45, 2.75) is 49.5 Å². The van der Waals surface area contributed by atoms with Gasteiger partial charge < -0.3 is 9.64 Å². The van der Waals surface area contributed by atoms with Gasteiger partial charge in [0.05, 0.1) is 11.7 Å². The van der Waals surface area contributed by atoms with Gasteiger partial charge in [-0.2, -0.15) is 0 Å². The van der Waals surface area contributed by atoms with E-state index in [1.807, 2.05) is 17.0 Å². The molecule has 25 heavy (non-hydrogen) atoms. The molecule has 2 fully saturated rings. The van der Waals surface area contributed by atoms with Gasteiger partial charge >= 0.3 is 0 Å². The van der Waals surface area contributed by atoms with Crippen LogP contribution in [0.25, 0.3) is 0 Å². The van der Waals surface area contributed by atoms with Gasteiger partial charge in [-0.15, -0.1) is 11.8 Å². The van der Waals surface area contributed by atoms with Crippen molar-refractivity contribution in [1.82, 2.24) is 14.8 Å². The minimum atomic E-state index is 0.121. The van der Waals surface area contributed by atoms with Crippen molar-refractivity contribution in [1.29, 1.82) is 0 Å². The highest BCUT2D eigenvalue weighted by Gasteiger charge is 2.25. The maximum absolute atomic E-state index is 13.0. The number of amides is 1. The van der Waals surface area contributed by atoms with Gasteiger partial charge in [0.2, 0.25) is 0 Å². The zero-order chi connectivity index (χ0) is 17.6. The zero-order valence-electron chi connectivity index (χ0n) is 15.3. The third-order valence-electron chi connectivity index (χ3n) is 4.71. The Morgan fingerprint density at radius 2 is 2.20 bits per heavy atom. The Bertz CT molecular complexity index is 576. The average Bonchev–Trinajstić information content (AvgIpc) is 2.99. The van der Waals surface area contributed by atoms with E-state index in [0.29, 0.717) is 11.4 Å². The summed E-state index contributed by atoms with van der Waals surface area (Å²) in [6.07, 6.45) is 5.53. The van der Waals surface area contributed by atoms with Crippen molar-refractivity contribution >= 4 is 17.7 Å². The van der Waals surface area contributed by atoms with Crippen molar-refractivity contribution in [2.24, 2.45) is 0 Å². The van der Waals surface area contributed by atoms with Crippen molar-refractivity contribution in [3.05, 3.63) is 23.9 Å². The summed E-state index contributed by atoms with van der Waals surface area (Å²) in [7, 11) is 0. The van der Waals surface area contributed by atoms with Crippen LogP contribution in [-0.2, 0) is 4.74 Å². The molecule has 1 aromatic heterocycles. The fourth-order valence-electron chi connectivity index (χ4n) is 3.47. The second-order valence-electron chi connectivity index (χ2n) is 7.10. The topological polar surface area (TPSA) is 45.7 Å². The van der Waals surface area contributed by atoms with Gasteiger partial charge in [-0.05, 0) is 37.9 Å². The van der Waals surface area contributed by atoms with Gasteiger partial charge in [-0.1, -0.05) is 13.8 Å². The first-order valence-electron chi connectivity index (χ1n) is 9.38. The molecule has 0 bridgehead atoms. The van der Waals surface area contributed by atoms with Crippen molar-refractivity contribution in [2.75, 3.05) is 39.3 Å². The highest BCUT2D eigenvalue weighted by molar-refractivity contribution is 7.99. The standard InChI is InChI=1S/C19H29N3O2S/c1-15(2)25-18-17(7-3-8-20-18)19(23)22-10-5-9-21(11-12-22)14-16-6-4-13-24-16/h3,7-8,15-16H,4-6,9-14H2,1-2H3. The summed E-state index contributed by atoms with van der Waals surface area (Å²) in [6.45, 7) is 9.74. The van der Waals surface area contributed by atoms with Crippen LogP contribution in [0.4, 0.5) is 0 Å². The number of ether oxygens (including phenoxy) is 1. The molecule has 138 valence electrons. The quantitative estimate of drug-likeness (QED) is 0.753. The summed E-state index contributed by atoms with van der Waals surface area (Å²) in [4.78, 5) is 21.9. The molecule has 2 saturated heterocycles. The van der Waals surface area contributed by atoms with Gasteiger partial charge in [0.25, 0.3) is 5.91 Å². The number of carbonyl (C=O) groups excluding carboxylic acids is 1. The molecule has 0 radical (unpaired) electrons. The van der Waals surface area contributed by atoms with Crippen LogP contribution in [0.3, 0.4) is 0 Å². The van der Waals surface area contributed by atoms with E-state index in [1.54, 1.807) is 18.0 Å². The number of hydrogen-bond donors (Lipinski definition) is 0. The first-order valence-corrected chi connectivity index (χ1v) is 10.3. The molecule has 2 aliphatic rings. The Kier molecular flexibility index (Phi) is 6.73. The molecule has 0 saturated carbocycles. The first-order chi connectivity index (χ1) is 12.1. The third kappa shape index (κ3) is 5.19. The minimum absolute atomic E-state index is 0.121. The Labute approximate surface area is 155 Å². The molecule has 6 heteroatoms. The summed E-state index contributed by atoms with van der Waals surface area (Å²) in [5, 5.41) is 1.26. The molecule has 1 amide bonds. The van der Waals surface area contributed by atoms with E-state index in [9.17, 15) is 4.79 Å². The number of hydrogen-bond acceptors (Lipinski definition) is 5. The number of nitrogens with zero attached hydrogens (tertiary/aromatic N) is 3. The predicted octanol–water partition coefficient (Wildman–Crippen LogP) is 2.91. The smallest absolute Gasteiger partial charge is 0.256 e. The fourth-order valence-corrected chi connectivity index (χ4v) is 4.32. The molecule has 2 aliphatic heterocycles. The van der Waals surface area contributed by atoms with Gasteiger partial charge in [-0.25, -0.2) is 4.98 Å². The van der Waals surface area contributed by atoms with Crippen LogP contribution in [0.2, 0.25) is 0 Å². The van der Waals surface area contributed by atoms with Gasteiger partial charge in [0.1, 0.15) is 5.03 Å². The van der Waals surface area contributed by atoms with Crippen LogP contribution < -0.4 is 0 Å². The lowest BCUT2D eigenvalue weighted by atomic mass is 10.2. The van der Waals surface area contributed by atoms with E-state index in [2.05, 4.69) is 23.7 Å². The van der Waals surface area contributed by atoms with E-state index in [4.69, 9.17) is 4.74 Å². The van der Waals surface area contributed by atoms with Crippen LogP contribution in [0.5, 0.6) is 0 Å². The van der Waals surface area contributed by atoms with Crippen LogP contribution in [0.1, 0.15) is 43.5 Å². The Morgan fingerprint density at radius 3 is 2.96 bits per heavy atom. The predicted molar refractivity (Wildman–Crippen MR) is 101 cm³/mol. The molecule has 0 spiro atoms. The van der Waals surface area contributed by atoms with Crippen LogP contribution in [-0.4, -0.2) is 71.4 Å². The van der Waals surface area contributed by atoms with Gasteiger partial charge in [0, 0.05) is 44.2 Å². The average molecular weight is 364 g/mol. The molecule has 3 rings (SSSR count). The molecule has 0 aromatic carbocycles. The molecule has 1 unspecified atom stereocenters. The van der Waals surface area contributed by atoms with Crippen LogP contribution in [0.15, 0.2) is 23.4 Å². The SMILES string of the molecule is CC(C)Sc1ncccc1C(=O)N1CCCN(CC2CCCO2)CC1. The summed E-state index contributed by atoms with van der Waals surface area (Å²) in [5.74, 6) is 0.121. The Morgan fingerprint density at radius 1 is 1.32 bits per heavy atom. The summed E-state index contributed by atoms with van der Waals surface area (Å²) >= 11 is 1.66. The number of aromatic nitrogens is 1. The van der Waals surface area contributed by atoms with E-state index in [-0.39, 0.29) is 5.91 Å². The van der Waals surface area contributed by atoms with Crippen LogP contribution >= 0.6 is 11.8 Å². The fraction of sp³-hybridized carbons (Fsp3) is 0.684. The van der Waals surface area contributed by atoms with E-state index >= 15 is 0 Å². The number of pyridine rings is 1. The van der Waals surface area contributed by atoms with E-state index in [1.165, 1.54) is 12.8 Å². The molecule has 1 aromatic rings. The zero-order valence-corrected chi connectivity index (χ0v) is 16.1. The summed E-state index contributed by atoms with van der Waals surface area (Å²) in [5.41, 5.74) is 0.744. The highest BCUT2D eigenvalue weighted by atomic mass is 32.2. The van der Waals surface area contributed by atoms with Crippen molar-refractivity contribution in [3.8, 4) is 0 Å². The normalized spacial score (nSPS) is 22.4. The molecule has 0 N–H and O–H groups in total. The van der Waals surface area contributed by atoms with Gasteiger partial charge in [0.15, 0.2) is 0 Å². The lowest BCUT2D eigenvalue weighted by Crippen LogP contribution is -2.37. The van der Waals surface area contributed by atoms with Crippen LogP contribution in [0, 0.1) is 0 Å². The largest absolute Gasteiger partial charge is 0.377 e. The second kappa shape index (κ2) is 9.01. The van der Waals surface area contributed by atoms with E-state index < -0.39 is 0 Å². The maximum atomic E-state index is 13.0. The molecule has 5 nitrogen and oxygen atoms in total. The molecular weight excluding hydrogens is 334 g/mol. The van der Waals surface area contributed by atoms with Crippen molar-refractivity contribution in [3.63, 3.8) is 0 Å².